The summed E-state index contributed by atoms with van der Waals surface area (Å²) in [5.41, 5.74) is 0.148. The molecule has 0 saturated carbocycles. The summed E-state index contributed by atoms with van der Waals surface area (Å²) in [6.45, 7) is 0. The van der Waals surface area contributed by atoms with Crippen molar-refractivity contribution in [3.05, 3.63) is 35.4 Å². The number of hydrogen-bond donors (Lipinski definition) is 1. The molecule has 0 bridgehead atoms. The highest BCUT2D eigenvalue weighted by Gasteiger charge is 2.20. The first-order valence-electron chi connectivity index (χ1n) is 5.31. The highest BCUT2D eigenvalue weighted by molar-refractivity contribution is 5.84. The Balaban J connectivity index is 2.66. The fourth-order valence-corrected chi connectivity index (χ4v) is 1.42. The van der Waals surface area contributed by atoms with Crippen molar-refractivity contribution in [1.29, 1.82) is 0 Å². The molecule has 1 unspecified atom stereocenters. The lowest BCUT2D eigenvalue weighted by molar-refractivity contribution is -0.156. The van der Waals surface area contributed by atoms with Crippen LogP contribution in [-0.2, 0) is 25.5 Å². The molecule has 1 rings (SSSR count). The fourth-order valence-electron chi connectivity index (χ4n) is 1.42. The van der Waals surface area contributed by atoms with E-state index in [9.17, 15) is 18.4 Å². The lowest BCUT2D eigenvalue weighted by Gasteiger charge is -2.14. The fraction of sp³-hybridized carbons (Fsp3) is 0.333. The molecule has 0 aliphatic carbocycles. The maximum absolute atomic E-state index is 12.9. The maximum Gasteiger partial charge on any atom is 0.356 e. The van der Waals surface area contributed by atoms with E-state index >= 15 is 0 Å². The first-order chi connectivity index (χ1) is 8.96. The minimum atomic E-state index is -1.25. The van der Waals surface area contributed by atoms with Crippen molar-refractivity contribution in [1.82, 2.24) is 5.32 Å². The highest BCUT2D eigenvalue weighted by Crippen LogP contribution is 2.08. The van der Waals surface area contributed by atoms with Crippen LogP contribution in [-0.4, -0.2) is 32.3 Å². The normalized spacial score (nSPS) is 11.8. The van der Waals surface area contributed by atoms with Crippen LogP contribution in [0.5, 0.6) is 0 Å². The third kappa shape index (κ3) is 4.63. The molecular weight excluding hydrogens is 260 g/mol. The Morgan fingerprint density at radius 1 is 1.21 bits per heavy atom. The summed E-state index contributed by atoms with van der Waals surface area (Å²) in [5.74, 6) is -2.96. The maximum atomic E-state index is 12.9. The van der Waals surface area contributed by atoms with Crippen molar-refractivity contribution < 1.29 is 27.8 Å². The van der Waals surface area contributed by atoms with E-state index in [1.807, 2.05) is 0 Å². The average Bonchev–Trinajstić information content (AvgIpc) is 2.33. The number of amides is 1. The van der Waals surface area contributed by atoms with E-state index in [2.05, 4.69) is 10.1 Å². The van der Waals surface area contributed by atoms with Crippen LogP contribution in [0.3, 0.4) is 0 Å². The molecule has 19 heavy (non-hydrogen) atoms. The van der Waals surface area contributed by atoms with Gasteiger partial charge in [0.1, 0.15) is 11.6 Å². The predicted octanol–water partition coefficient (Wildman–Crippen LogP) is 0.769. The first-order valence-corrected chi connectivity index (χ1v) is 5.31. The second kappa shape index (κ2) is 6.79. The number of methoxy groups -OCH3 is 2. The minimum absolute atomic E-state index is 0.148. The standard InChI is InChI=1S/C12H13F2NO4/c1-18-11(12(17)19-2)15-10(16)5-7-3-8(13)6-9(14)4-7/h3-4,6,11H,5H2,1-2H3,(H,15,16). The predicted molar refractivity (Wildman–Crippen MR) is 61.0 cm³/mol. The summed E-state index contributed by atoms with van der Waals surface area (Å²) < 4.78 is 34.9. The summed E-state index contributed by atoms with van der Waals surface area (Å²) in [4.78, 5) is 22.7. The molecule has 1 N–H and O–H groups in total. The van der Waals surface area contributed by atoms with Gasteiger partial charge in [0.2, 0.25) is 12.1 Å². The van der Waals surface area contributed by atoms with Gasteiger partial charge in [0.05, 0.1) is 13.5 Å². The van der Waals surface area contributed by atoms with E-state index in [1.165, 1.54) is 7.11 Å². The zero-order valence-corrected chi connectivity index (χ0v) is 10.4. The molecule has 0 aliphatic heterocycles. The number of rotatable bonds is 5. The molecule has 104 valence electrons. The molecule has 0 saturated heterocycles. The van der Waals surface area contributed by atoms with Gasteiger partial charge >= 0.3 is 5.97 Å². The van der Waals surface area contributed by atoms with Crippen molar-refractivity contribution in [3.8, 4) is 0 Å². The van der Waals surface area contributed by atoms with Crippen molar-refractivity contribution >= 4 is 11.9 Å². The van der Waals surface area contributed by atoms with Crippen molar-refractivity contribution in [2.24, 2.45) is 0 Å². The van der Waals surface area contributed by atoms with Crippen LogP contribution in [0.15, 0.2) is 18.2 Å². The number of benzene rings is 1. The Morgan fingerprint density at radius 2 is 1.79 bits per heavy atom. The van der Waals surface area contributed by atoms with Gasteiger partial charge in [0, 0.05) is 13.2 Å². The molecule has 0 fully saturated rings. The van der Waals surface area contributed by atoms with Crippen LogP contribution < -0.4 is 5.32 Å². The number of esters is 1. The molecule has 1 aromatic carbocycles. The lowest BCUT2D eigenvalue weighted by Crippen LogP contribution is -2.43. The second-order valence-corrected chi connectivity index (χ2v) is 3.66. The molecule has 0 aromatic heterocycles. The molecule has 0 spiro atoms. The number of ether oxygens (including phenoxy) is 2. The van der Waals surface area contributed by atoms with Crippen LogP contribution in [0.2, 0.25) is 0 Å². The average molecular weight is 273 g/mol. The van der Waals surface area contributed by atoms with Crippen LogP contribution >= 0.6 is 0 Å². The molecule has 1 amide bonds. The van der Waals surface area contributed by atoms with E-state index in [0.717, 1.165) is 19.2 Å². The van der Waals surface area contributed by atoms with Crippen molar-refractivity contribution in [3.63, 3.8) is 0 Å². The molecule has 0 heterocycles. The number of halogens is 2. The van der Waals surface area contributed by atoms with Gasteiger partial charge in [-0.2, -0.15) is 0 Å². The molecule has 1 aromatic rings. The summed E-state index contributed by atoms with van der Waals surface area (Å²) >= 11 is 0. The molecule has 5 nitrogen and oxygen atoms in total. The summed E-state index contributed by atoms with van der Waals surface area (Å²) in [6, 6.07) is 2.76. The van der Waals surface area contributed by atoms with E-state index in [1.54, 1.807) is 0 Å². The summed E-state index contributed by atoms with van der Waals surface area (Å²) in [6.07, 6.45) is -1.54. The third-order valence-corrected chi connectivity index (χ3v) is 2.23. The largest absolute Gasteiger partial charge is 0.466 e. The van der Waals surface area contributed by atoms with Gasteiger partial charge in [-0.05, 0) is 17.7 Å². The van der Waals surface area contributed by atoms with Gasteiger partial charge in [-0.3, -0.25) is 4.79 Å². The number of nitrogens with one attached hydrogen (secondary N) is 1. The van der Waals surface area contributed by atoms with Gasteiger partial charge in [0.15, 0.2) is 0 Å². The van der Waals surface area contributed by atoms with Gasteiger partial charge in [-0.1, -0.05) is 0 Å². The van der Waals surface area contributed by atoms with Crippen molar-refractivity contribution in [2.75, 3.05) is 14.2 Å². The summed E-state index contributed by atoms with van der Waals surface area (Å²) in [7, 11) is 2.35. The van der Waals surface area contributed by atoms with Gasteiger partial charge in [-0.25, -0.2) is 13.6 Å². The molecule has 0 aliphatic rings. The van der Waals surface area contributed by atoms with Gasteiger partial charge < -0.3 is 14.8 Å². The Morgan fingerprint density at radius 3 is 2.26 bits per heavy atom. The molecular formula is C12H13F2NO4. The Labute approximate surface area is 108 Å². The first kappa shape index (κ1) is 15.0. The second-order valence-electron chi connectivity index (χ2n) is 3.66. The smallest absolute Gasteiger partial charge is 0.356 e. The lowest BCUT2D eigenvalue weighted by atomic mass is 10.1. The van der Waals surface area contributed by atoms with Crippen LogP contribution in [0.4, 0.5) is 8.78 Å². The van der Waals surface area contributed by atoms with Gasteiger partial charge in [0.25, 0.3) is 0 Å². The zero-order valence-electron chi connectivity index (χ0n) is 10.4. The van der Waals surface area contributed by atoms with E-state index in [4.69, 9.17) is 4.74 Å². The molecule has 1 atom stereocenters. The third-order valence-electron chi connectivity index (χ3n) is 2.23. The van der Waals surface area contributed by atoms with E-state index in [0.29, 0.717) is 6.07 Å². The Hall–Kier alpha value is -2.02. The number of hydrogen-bond acceptors (Lipinski definition) is 4. The number of carbonyl (C=O) groups excluding carboxylic acids is 2. The van der Waals surface area contributed by atoms with E-state index < -0.39 is 29.7 Å². The van der Waals surface area contributed by atoms with Crippen LogP contribution in [0, 0.1) is 11.6 Å². The Bertz CT molecular complexity index is 459. The van der Waals surface area contributed by atoms with Gasteiger partial charge in [-0.15, -0.1) is 0 Å². The zero-order chi connectivity index (χ0) is 14.4. The molecule has 0 radical (unpaired) electrons. The van der Waals surface area contributed by atoms with Crippen LogP contribution in [0.25, 0.3) is 0 Å². The highest BCUT2D eigenvalue weighted by atomic mass is 19.1. The van der Waals surface area contributed by atoms with Crippen LogP contribution in [0.1, 0.15) is 5.56 Å². The monoisotopic (exact) mass is 273 g/mol. The molecule has 7 heteroatoms. The Kier molecular flexibility index (Phi) is 5.37. The SMILES string of the molecule is COC(=O)C(NC(=O)Cc1cc(F)cc(F)c1)OC. The quantitative estimate of drug-likeness (QED) is 0.635. The minimum Gasteiger partial charge on any atom is -0.466 e. The number of carbonyl (C=O) groups is 2. The van der Waals surface area contributed by atoms with E-state index in [-0.39, 0.29) is 12.0 Å². The summed E-state index contributed by atoms with van der Waals surface area (Å²) in [5, 5.41) is 2.22. The topological polar surface area (TPSA) is 64.6 Å². The van der Waals surface area contributed by atoms with Crippen molar-refractivity contribution in [2.45, 2.75) is 12.6 Å².